The first kappa shape index (κ1) is 22.4. The summed E-state index contributed by atoms with van der Waals surface area (Å²) >= 11 is 0. The van der Waals surface area contributed by atoms with Crippen LogP contribution in [0.25, 0.3) is 22.4 Å². The van der Waals surface area contributed by atoms with Crippen molar-refractivity contribution in [2.45, 2.75) is 32.0 Å². The molecule has 7 nitrogen and oxygen atoms in total. The van der Waals surface area contributed by atoms with Crippen LogP contribution < -0.4 is 10.6 Å². The number of hydrogen-bond donors (Lipinski definition) is 3. The van der Waals surface area contributed by atoms with Gasteiger partial charge in [0, 0.05) is 29.5 Å². The van der Waals surface area contributed by atoms with Crippen molar-refractivity contribution in [1.29, 1.82) is 0 Å². The topological polar surface area (TPSA) is 95.6 Å². The SMILES string of the molecule is CC[C@@](C)(Nc1ccnc(-c2c[nH]c3ncccc23)n1)C(=O)NCC(F)(F)F.Cl. The highest BCUT2D eigenvalue weighted by Gasteiger charge is 2.35. The van der Waals surface area contributed by atoms with Crippen molar-refractivity contribution in [3.8, 4) is 11.4 Å². The fraction of sp³-hybridized carbons (Fsp3) is 0.333. The van der Waals surface area contributed by atoms with Gasteiger partial charge in [-0.3, -0.25) is 4.79 Å². The number of hydrogen-bond acceptors (Lipinski definition) is 5. The van der Waals surface area contributed by atoms with E-state index in [1.165, 1.54) is 13.1 Å². The van der Waals surface area contributed by atoms with Gasteiger partial charge < -0.3 is 15.6 Å². The highest BCUT2D eigenvalue weighted by Crippen LogP contribution is 2.26. The maximum absolute atomic E-state index is 12.4. The molecule has 0 bridgehead atoms. The monoisotopic (exact) mass is 428 g/mol. The number of alkyl halides is 3. The van der Waals surface area contributed by atoms with E-state index in [9.17, 15) is 18.0 Å². The number of pyridine rings is 1. The molecule has 3 N–H and O–H groups in total. The number of rotatable bonds is 6. The normalized spacial score (nSPS) is 13.4. The Kier molecular flexibility index (Phi) is 6.68. The van der Waals surface area contributed by atoms with Gasteiger partial charge in [0.15, 0.2) is 5.82 Å². The molecule has 0 saturated heterocycles. The van der Waals surface area contributed by atoms with Crippen molar-refractivity contribution >= 4 is 35.2 Å². The van der Waals surface area contributed by atoms with Crippen LogP contribution in [0.5, 0.6) is 0 Å². The second kappa shape index (κ2) is 8.64. The number of aromatic nitrogens is 4. The van der Waals surface area contributed by atoms with Gasteiger partial charge in [0.05, 0.1) is 0 Å². The second-order valence-electron chi connectivity index (χ2n) is 6.48. The molecule has 0 aliphatic heterocycles. The number of aromatic amines is 1. The maximum atomic E-state index is 12.4. The maximum Gasteiger partial charge on any atom is 0.405 e. The molecular weight excluding hydrogens is 409 g/mol. The Morgan fingerprint density at radius 1 is 1.21 bits per heavy atom. The summed E-state index contributed by atoms with van der Waals surface area (Å²) < 4.78 is 37.2. The number of H-pyrrole nitrogens is 1. The zero-order chi connectivity index (χ0) is 20.4. The first-order valence-corrected chi connectivity index (χ1v) is 8.60. The predicted octanol–water partition coefficient (Wildman–Crippen LogP) is 3.70. The summed E-state index contributed by atoms with van der Waals surface area (Å²) in [4.78, 5) is 28.2. The highest BCUT2D eigenvalue weighted by atomic mass is 35.5. The summed E-state index contributed by atoms with van der Waals surface area (Å²) in [6.07, 6.45) is 0.686. The van der Waals surface area contributed by atoms with Gasteiger partial charge in [-0.05, 0) is 31.5 Å². The first-order chi connectivity index (χ1) is 13.2. The number of nitrogens with zero attached hydrogens (tertiary/aromatic N) is 3. The molecule has 0 aromatic carbocycles. The molecule has 3 heterocycles. The van der Waals surface area contributed by atoms with Crippen LogP contribution in [0.15, 0.2) is 36.8 Å². The minimum atomic E-state index is -4.48. The molecule has 3 aromatic rings. The van der Waals surface area contributed by atoms with E-state index in [1.54, 1.807) is 31.5 Å². The van der Waals surface area contributed by atoms with Crippen LogP contribution in [0, 0.1) is 0 Å². The smallest absolute Gasteiger partial charge is 0.356 e. The van der Waals surface area contributed by atoms with Gasteiger partial charge in [-0.1, -0.05) is 6.92 Å². The highest BCUT2D eigenvalue weighted by molar-refractivity contribution is 5.92. The molecule has 0 unspecified atom stereocenters. The van der Waals surface area contributed by atoms with Crippen molar-refractivity contribution in [2.24, 2.45) is 0 Å². The molecule has 29 heavy (non-hydrogen) atoms. The van der Waals surface area contributed by atoms with Crippen molar-refractivity contribution in [3.63, 3.8) is 0 Å². The van der Waals surface area contributed by atoms with E-state index < -0.39 is 24.2 Å². The van der Waals surface area contributed by atoms with Crippen LogP contribution in [-0.2, 0) is 4.79 Å². The zero-order valence-corrected chi connectivity index (χ0v) is 16.5. The van der Waals surface area contributed by atoms with Gasteiger partial charge in [-0.25, -0.2) is 15.0 Å². The Bertz CT molecular complexity index is 993. The molecule has 11 heteroatoms. The third-order valence-electron chi connectivity index (χ3n) is 4.41. The Morgan fingerprint density at radius 2 is 1.97 bits per heavy atom. The lowest BCUT2D eigenvalue weighted by Crippen LogP contribution is -2.52. The Hall–Kier alpha value is -2.88. The third kappa shape index (κ3) is 5.14. The summed E-state index contributed by atoms with van der Waals surface area (Å²) in [6, 6.07) is 5.22. The van der Waals surface area contributed by atoms with E-state index >= 15 is 0 Å². The molecule has 3 rings (SSSR count). The van der Waals surface area contributed by atoms with E-state index in [0.29, 0.717) is 17.3 Å². The zero-order valence-electron chi connectivity index (χ0n) is 15.7. The van der Waals surface area contributed by atoms with Gasteiger partial charge >= 0.3 is 6.18 Å². The molecule has 0 radical (unpaired) electrons. The number of carbonyl (C=O) groups is 1. The lowest BCUT2D eigenvalue weighted by atomic mass is 9.97. The van der Waals surface area contributed by atoms with E-state index in [0.717, 1.165) is 10.9 Å². The molecule has 1 amide bonds. The van der Waals surface area contributed by atoms with E-state index in [-0.39, 0.29) is 18.8 Å². The molecule has 1 atom stereocenters. The molecule has 3 aromatic heterocycles. The van der Waals surface area contributed by atoms with Crippen LogP contribution in [0.3, 0.4) is 0 Å². The summed E-state index contributed by atoms with van der Waals surface area (Å²) in [5.41, 5.74) is 0.148. The lowest BCUT2D eigenvalue weighted by Gasteiger charge is -2.29. The summed E-state index contributed by atoms with van der Waals surface area (Å²) in [6.45, 7) is 1.84. The fourth-order valence-corrected chi connectivity index (χ4v) is 2.66. The molecule has 0 aliphatic rings. The third-order valence-corrected chi connectivity index (χ3v) is 4.41. The Morgan fingerprint density at radius 3 is 2.66 bits per heavy atom. The molecule has 0 saturated carbocycles. The summed E-state index contributed by atoms with van der Waals surface area (Å²) in [5, 5.41) is 5.69. The molecule has 156 valence electrons. The van der Waals surface area contributed by atoms with Gasteiger partial charge in [0.2, 0.25) is 5.91 Å². The molecule has 0 fully saturated rings. The lowest BCUT2D eigenvalue weighted by molar-refractivity contribution is -0.140. The van der Waals surface area contributed by atoms with Gasteiger partial charge in [0.1, 0.15) is 23.5 Å². The number of anilines is 1. The van der Waals surface area contributed by atoms with Gasteiger partial charge in [0.25, 0.3) is 0 Å². The number of fused-ring (bicyclic) bond motifs is 1. The average Bonchev–Trinajstić information content (AvgIpc) is 3.09. The fourth-order valence-electron chi connectivity index (χ4n) is 2.66. The number of halogens is 4. The van der Waals surface area contributed by atoms with Gasteiger partial charge in [-0.15, -0.1) is 12.4 Å². The average molecular weight is 429 g/mol. The van der Waals surface area contributed by atoms with Crippen LogP contribution in [0.4, 0.5) is 19.0 Å². The van der Waals surface area contributed by atoms with Crippen molar-refractivity contribution < 1.29 is 18.0 Å². The van der Waals surface area contributed by atoms with E-state index in [1.807, 2.05) is 11.4 Å². The Balaban J connectivity index is 0.00000300. The van der Waals surface area contributed by atoms with E-state index in [4.69, 9.17) is 0 Å². The van der Waals surface area contributed by atoms with Crippen LogP contribution in [0.1, 0.15) is 20.3 Å². The van der Waals surface area contributed by atoms with Crippen LogP contribution >= 0.6 is 12.4 Å². The summed E-state index contributed by atoms with van der Waals surface area (Å²) in [5.74, 6) is -0.0306. The van der Waals surface area contributed by atoms with Crippen molar-refractivity contribution in [3.05, 3.63) is 36.8 Å². The quantitative estimate of drug-likeness (QED) is 0.556. The minimum Gasteiger partial charge on any atom is -0.356 e. The Labute approximate surface area is 171 Å². The molecule has 0 aliphatic carbocycles. The summed E-state index contributed by atoms with van der Waals surface area (Å²) in [7, 11) is 0. The largest absolute Gasteiger partial charge is 0.405 e. The minimum absolute atomic E-state index is 0. The van der Waals surface area contributed by atoms with Crippen LogP contribution in [-0.4, -0.2) is 44.1 Å². The van der Waals surface area contributed by atoms with E-state index in [2.05, 4.69) is 25.3 Å². The standard InChI is InChI=1S/C18H19F3N6O.ClH/c1-3-17(2,16(28)25-10-18(19,20)21)27-13-6-8-23-15(26-13)12-9-24-14-11(12)5-4-7-22-14;/h4-9H,3,10H2,1-2H3,(H,22,24)(H,25,28)(H,23,26,27);1H/t17-;/m1./s1. The molecular formula is C18H20ClF3N6O. The van der Waals surface area contributed by atoms with Crippen LogP contribution in [0.2, 0.25) is 0 Å². The number of amides is 1. The van der Waals surface area contributed by atoms with Crippen molar-refractivity contribution in [1.82, 2.24) is 25.3 Å². The van der Waals surface area contributed by atoms with Crippen molar-refractivity contribution in [2.75, 3.05) is 11.9 Å². The molecule has 0 spiro atoms. The number of carbonyl (C=O) groups excluding carboxylic acids is 1. The first-order valence-electron chi connectivity index (χ1n) is 8.60. The number of nitrogens with one attached hydrogen (secondary N) is 3. The second-order valence-corrected chi connectivity index (χ2v) is 6.48. The van der Waals surface area contributed by atoms with Gasteiger partial charge in [-0.2, -0.15) is 13.2 Å². The predicted molar refractivity (Wildman–Crippen MR) is 106 cm³/mol.